The quantitative estimate of drug-likeness (QED) is 0.266. The van der Waals surface area contributed by atoms with Gasteiger partial charge in [0.1, 0.15) is 11.2 Å². The fraction of sp³-hybridized carbons (Fsp3) is 0.0909. The first kappa shape index (κ1) is 19.1. The summed E-state index contributed by atoms with van der Waals surface area (Å²) in [6.45, 7) is 4.70. The highest BCUT2D eigenvalue weighted by molar-refractivity contribution is 6.23. The maximum absolute atomic E-state index is 6.41. The van der Waals surface area contributed by atoms with Gasteiger partial charge in [-0.25, -0.2) is 0 Å². The predicted molar refractivity (Wildman–Crippen MR) is 146 cm³/mol. The molecule has 1 aliphatic carbocycles. The van der Waals surface area contributed by atoms with Crippen LogP contribution in [0.25, 0.3) is 66.0 Å². The summed E-state index contributed by atoms with van der Waals surface area (Å²) in [7, 11) is 0. The van der Waals surface area contributed by atoms with Gasteiger partial charge in [-0.15, -0.1) is 0 Å². The molecule has 35 heavy (non-hydrogen) atoms. The van der Waals surface area contributed by atoms with Crippen LogP contribution < -0.4 is 0 Å². The van der Waals surface area contributed by atoms with Crippen LogP contribution in [0.2, 0.25) is 0 Å². The van der Waals surface area contributed by atoms with Crippen molar-refractivity contribution in [2.24, 2.45) is 0 Å². The van der Waals surface area contributed by atoms with E-state index in [1.165, 1.54) is 38.8 Å². The Hall–Kier alpha value is -4.30. The average molecular weight is 450 g/mol. The molecule has 8 rings (SSSR count). The van der Waals surface area contributed by atoms with E-state index in [9.17, 15) is 0 Å². The normalized spacial score (nSPS) is 14.2. The van der Waals surface area contributed by atoms with Gasteiger partial charge in [0.05, 0.1) is 10.9 Å². The molecule has 0 fully saturated rings. The summed E-state index contributed by atoms with van der Waals surface area (Å²) >= 11 is 0. The molecule has 0 bridgehead atoms. The van der Waals surface area contributed by atoms with Gasteiger partial charge in [0.15, 0.2) is 0 Å². The van der Waals surface area contributed by atoms with Crippen molar-refractivity contribution >= 4 is 43.7 Å². The smallest absolute Gasteiger partial charge is 0.145 e. The molecule has 5 aromatic carbocycles. The Morgan fingerprint density at radius 2 is 1.40 bits per heavy atom. The molecule has 7 aromatic rings. The van der Waals surface area contributed by atoms with Crippen molar-refractivity contribution in [3.05, 3.63) is 108 Å². The van der Waals surface area contributed by atoms with Gasteiger partial charge < -0.3 is 9.40 Å². The summed E-state index contributed by atoms with van der Waals surface area (Å²) in [6.07, 6.45) is 0. The van der Waals surface area contributed by atoms with E-state index in [1.54, 1.807) is 0 Å². The van der Waals surface area contributed by atoms with Crippen LogP contribution in [0, 0.1) is 0 Å². The molecule has 1 N–H and O–H groups in total. The van der Waals surface area contributed by atoms with Crippen LogP contribution in [0.3, 0.4) is 0 Å². The van der Waals surface area contributed by atoms with Gasteiger partial charge in [0.25, 0.3) is 0 Å². The topological polar surface area (TPSA) is 28.9 Å². The number of rotatable bonds is 1. The number of aromatic amines is 1. The third kappa shape index (κ3) is 2.39. The van der Waals surface area contributed by atoms with Gasteiger partial charge in [-0.3, -0.25) is 0 Å². The number of para-hydroxylation sites is 1. The fourth-order valence-corrected chi connectivity index (χ4v) is 6.42. The van der Waals surface area contributed by atoms with Gasteiger partial charge >= 0.3 is 0 Å². The number of fused-ring (bicyclic) bond motifs is 10. The van der Waals surface area contributed by atoms with E-state index in [2.05, 4.69) is 110 Å². The molecule has 0 aliphatic heterocycles. The second kappa shape index (κ2) is 6.43. The maximum atomic E-state index is 6.41. The molecule has 166 valence electrons. The summed E-state index contributed by atoms with van der Waals surface area (Å²) in [4.78, 5) is 3.62. The van der Waals surface area contributed by atoms with Crippen LogP contribution in [0.4, 0.5) is 0 Å². The van der Waals surface area contributed by atoms with Crippen molar-refractivity contribution in [1.29, 1.82) is 0 Å². The molecule has 0 saturated heterocycles. The number of hydrogen-bond donors (Lipinski definition) is 1. The standard InChI is InChI=1S/C33H23NO/c1-33(2)26-12-5-3-8-21(26)23-11-7-10-20(31(23)33)19-14-16-27-25(18-19)30-28(34-27)17-15-24-22-9-4-6-13-29(22)35-32(24)30/h3-18,34H,1-2H3. The summed E-state index contributed by atoms with van der Waals surface area (Å²) in [5.41, 5.74) is 12.1. The van der Waals surface area contributed by atoms with Crippen LogP contribution in [0.1, 0.15) is 25.0 Å². The number of hydrogen-bond acceptors (Lipinski definition) is 1. The highest BCUT2D eigenvalue weighted by Crippen LogP contribution is 2.52. The number of aromatic nitrogens is 1. The highest BCUT2D eigenvalue weighted by atomic mass is 16.3. The molecule has 1 aliphatic rings. The number of nitrogens with one attached hydrogen (secondary N) is 1. The number of benzene rings is 5. The number of H-pyrrole nitrogens is 1. The molecular weight excluding hydrogens is 426 g/mol. The average Bonchev–Trinajstić information content (AvgIpc) is 3.52. The third-order valence-electron chi connectivity index (χ3n) is 8.00. The van der Waals surface area contributed by atoms with Crippen molar-refractivity contribution in [3.63, 3.8) is 0 Å². The lowest BCUT2D eigenvalue weighted by molar-refractivity contribution is 0.662. The van der Waals surface area contributed by atoms with Crippen molar-refractivity contribution in [3.8, 4) is 22.3 Å². The van der Waals surface area contributed by atoms with Crippen molar-refractivity contribution in [2.75, 3.05) is 0 Å². The predicted octanol–water partition coefficient (Wildman–Crippen LogP) is 9.19. The van der Waals surface area contributed by atoms with Crippen molar-refractivity contribution in [1.82, 2.24) is 4.98 Å². The monoisotopic (exact) mass is 449 g/mol. The van der Waals surface area contributed by atoms with E-state index in [0.29, 0.717) is 0 Å². The molecule has 0 spiro atoms. The molecule has 2 aromatic heterocycles. The van der Waals surface area contributed by atoms with Gasteiger partial charge in [0, 0.05) is 27.1 Å². The Kier molecular flexibility index (Phi) is 3.50. The van der Waals surface area contributed by atoms with Crippen LogP contribution in [-0.4, -0.2) is 4.98 Å². The summed E-state index contributed by atoms with van der Waals surface area (Å²) in [5.74, 6) is 0. The molecule has 0 saturated carbocycles. The lowest BCUT2D eigenvalue weighted by Crippen LogP contribution is -2.16. The van der Waals surface area contributed by atoms with Crippen LogP contribution >= 0.6 is 0 Å². The first-order chi connectivity index (χ1) is 17.1. The fourth-order valence-electron chi connectivity index (χ4n) is 6.42. The SMILES string of the molecule is CC1(C)c2ccccc2-c2cccc(-c3ccc4[nH]c5ccc6c7ccccc7oc6c5c4c3)c21. The molecular formula is C33H23NO. The van der Waals surface area contributed by atoms with E-state index >= 15 is 0 Å². The Bertz CT molecular complexity index is 1980. The van der Waals surface area contributed by atoms with Gasteiger partial charge in [-0.05, 0) is 63.7 Å². The minimum Gasteiger partial charge on any atom is -0.455 e. The molecule has 0 atom stereocenters. The zero-order valence-corrected chi connectivity index (χ0v) is 19.6. The van der Waals surface area contributed by atoms with Gasteiger partial charge in [0.2, 0.25) is 0 Å². The van der Waals surface area contributed by atoms with E-state index in [4.69, 9.17) is 4.42 Å². The number of furan rings is 1. The van der Waals surface area contributed by atoms with E-state index < -0.39 is 0 Å². The molecule has 0 radical (unpaired) electrons. The van der Waals surface area contributed by atoms with Crippen molar-refractivity contribution in [2.45, 2.75) is 19.3 Å². The zero-order valence-electron chi connectivity index (χ0n) is 19.6. The lowest BCUT2D eigenvalue weighted by Gasteiger charge is -2.24. The van der Waals surface area contributed by atoms with E-state index in [1.807, 2.05) is 6.07 Å². The Morgan fingerprint density at radius 1 is 0.629 bits per heavy atom. The summed E-state index contributed by atoms with van der Waals surface area (Å²) in [6, 6.07) is 35.0. The lowest BCUT2D eigenvalue weighted by atomic mass is 9.79. The Labute approximate surface area is 202 Å². The first-order valence-corrected chi connectivity index (χ1v) is 12.2. The van der Waals surface area contributed by atoms with E-state index in [0.717, 1.165) is 38.4 Å². The summed E-state index contributed by atoms with van der Waals surface area (Å²) < 4.78 is 6.41. The minimum absolute atomic E-state index is 0.0519. The van der Waals surface area contributed by atoms with Gasteiger partial charge in [-0.2, -0.15) is 0 Å². The third-order valence-corrected chi connectivity index (χ3v) is 8.00. The maximum Gasteiger partial charge on any atom is 0.145 e. The van der Waals surface area contributed by atoms with Crippen LogP contribution in [-0.2, 0) is 5.41 Å². The Morgan fingerprint density at radius 3 is 2.34 bits per heavy atom. The second-order valence-corrected chi connectivity index (χ2v) is 10.2. The largest absolute Gasteiger partial charge is 0.455 e. The summed E-state index contributed by atoms with van der Waals surface area (Å²) in [5, 5.41) is 4.69. The molecule has 2 heterocycles. The Balaban J connectivity index is 1.43. The molecule has 2 nitrogen and oxygen atoms in total. The molecule has 0 amide bonds. The van der Waals surface area contributed by atoms with Crippen LogP contribution in [0.5, 0.6) is 0 Å². The van der Waals surface area contributed by atoms with Gasteiger partial charge in [-0.1, -0.05) is 80.6 Å². The van der Waals surface area contributed by atoms with Crippen molar-refractivity contribution < 1.29 is 4.42 Å². The van der Waals surface area contributed by atoms with E-state index in [-0.39, 0.29) is 5.41 Å². The minimum atomic E-state index is -0.0519. The first-order valence-electron chi connectivity index (χ1n) is 12.2. The molecule has 2 heteroatoms. The van der Waals surface area contributed by atoms with Crippen LogP contribution in [0.15, 0.2) is 101 Å². The second-order valence-electron chi connectivity index (χ2n) is 10.2. The zero-order chi connectivity index (χ0) is 23.3. The molecule has 0 unspecified atom stereocenters. The highest BCUT2D eigenvalue weighted by Gasteiger charge is 2.37.